The predicted octanol–water partition coefficient (Wildman–Crippen LogP) is 1.59. The first-order chi connectivity index (χ1) is 8.13. The number of carbonyl (C=O) groups excluding carboxylic acids is 1. The van der Waals surface area contributed by atoms with Crippen molar-refractivity contribution in [3.63, 3.8) is 0 Å². The molecule has 1 amide bonds. The van der Waals surface area contributed by atoms with E-state index in [4.69, 9.17) is 4.42 Å². The summed E-state index contributed by atoms with van der Waals surface area (Å²) in [6, 6.07) is 3.69. The SMILES string of the molecule is CCCC1(O)CN(C(=O)CCc2ccco2)C1. The van der Waals surface area contributed by atoms with Crippen LogP contribution in [0.4, 0.5) is 0 Å². The van der Waals surface area contributed by atoms with Gasteiger partial charge in [0.2, 0.25) is 5.91 Å². The van der Waals surface area contributed by atoms with Gasteiger partial charge in [-0.1, -0.05) is 13.3 Å². The van der Waals surface area contributed by atoms with E-state index in [1.165, 1.54) is 0 Å². The molecule has 0 bridgehead atoms. The Labute approximate surface area is 101 Å². The number of carbonyl (C=O) groups is 1. The van der Waals surface area contributed by atoms with Gasteiger partial charge in [0.25, 0.3) is 0 Å². The van der Waals surface area contributed by atoms with E-state index in [0.717, 1.165) is 18.6 Å². The minimum absolute atomic E-state index is 0.0992. The van der Waals surface area contributed by atoms with Gasteiger partial charge in [0.05, 0.1) is 25.0 Å². The molecule has 1 aromatic rings. The highest BCUT2D eigenvalue weighted by atomic mass is 16.3. The zero-order valence-corrected chi connectivity index (χ0v) is 10.2. The normalized spacial score (nSPS) is 17.9. The third kappa shape index (κ3) is 2.88. The lowest BCUT2D eigenvalue weighted by Gasteiger charge is -2.46. The minimum atomic E-state index is -0.630. The molecule has 2 heterocycles. The van der Waals surface area contributed by atoms with Crippen LogP contribution in [0.25, 0.3) is 0 Å². The maximum absolute atomic E-state index is 11.8. The summed E-state index contributed by atoms with van der Waals surface area (Å²) in [4.78, 5) is 13.5. The van der Waals surface area contributed by atoms with Gasteiger partial charge in [0, 0.05) is 12.8 Å². The quantitative estimate of drug-likeness (QED) is 0.846. The first-order valence-electron chi connectivity index (χ1n) is 6.15. The summed E-state index contributed by atoms with van der Waals surface area (Å²) in [6.07, 6.45) is 4.42. The smallest absolute Gasteiger partial charge is 0.223 e. The molecule has 1 aliphatic heterocycles. The lowest BCUT2D eigenvalue weighted by atomic mass is 9.89. The number of nitrogens with zero attached hydrogens (tertiary/aromatic N) is 1. The first-order valence-corrected chi connectivity index (χ1v) is 6.15. The van der Waals surface area contributed by atoms with Gasteiger partial charge in [-0.25, -0.2) is 0 Å². The maximum atomic E-state index is 11.8. The molecule has 4 heteroatoms. The number of aryl methyl sites for hydroxylation is 1. The fraction of sp³-hybridized carbons (Fsp3) is 0.615. The van der Waals surface area contributed by atoms with Crippen LogP contribution in [0.2, 0.25) is 0 Å². The monoisotopic (exact) mass is 237 g/mol. The van der Waals surface area contributed by atoms with Crippen LogP contribution < -0.4 is 0 Å². The highest BCUT2D eigenvalue weighted by molar-refractivity contribution is 5.77. The Morgan fingerprint density at radius 2 is 2.35 bits per heavy atom. The van der Waals surface area contributed by atoms with E-state index in [9.17, 15) is 9.90 Å². The number of furan rings is 1. The predicted molar refractivity (Wildman–Crippen MR) is 63.5 cm³/mol. The molecule has 0 spiro atoms. The molecule has 1 aromatic heterocycles. The highest BCUT2D eigenvalue weighted by Gasteiger charge is 2.42. The lowest BCUT2D eigenvalue weighted by Crippen LogP contribution is -2.63. The van der Waals surface area contributed by atoms with Gasteiger partial charge < -0.3 is 14.4 Å². The number of hydrogen-bond donors (Lipinski definition) is 1. The Kier molecular flexibility index (Phi) is 3.52. The van der Waals surface area contributed by atoms with Crippen molar-refractivity contribution < 1.29 is 14.3 Å². The third-order valence-corrected chi connectivity index (χ3v) is 3.20. The van der Waals surface area contributed by atoms with Gasteiger partial charge in [-0.15, -0.1) is 0 Å². The molecule has 1 fully saturated rings. The van der Waals surface area contributed by atoms with E-state index in [2.05, 4.69) is 0 Å². The minimum Gasteiger partial charge on any atom is -0.469 e. The summed E-state index contributed by atoms with van der Waals surface area (Å²) in [5.74, 6) is 0.935. The van der Waals surface area contributed by atoms with Gasteiger partial charge in [-0.05, 0) is 18.6 Å². The van der Waals surface area contributed by atoms with E-state index >= 15 is 0 Å². The molecule has 1 saturated heterocycles. The van der Waals surface area contributed by atoms with Crippen molar-refractivity contribution in [2.75, 3.05) is 13.1 Å². The highest BCUT2D eigenvalue weighted by Crippen LogP contribution is 2.26. The molecule has 0 saturated carbocycles. The van der Waals surface area contributed by atoms with Crippen LogP contribution in [0.5, 0.6) is 0 Å². The number of likely N-dealkylation sites (tertiary alicyclic amines) is 1. The van der Waals surface area contributed by atoms with Crippen LogP contribution >= 0.6 is 0 Å². The molecule has 1 aliphatic rings. The maximum Gasteiger partial charge on any atom is 0.223 e. The van der Waals surface area contributed by atoms with Crippen molar-refractivity contribution in [1.29, 1.82) is 0 Å². The molecule has 94 valence electrons. The van der Waals surface area contributed by atoms with Gasteiger partial charge in [-0.3, -0.25) is 4.79 Å². The van der Waals surface area contributed by atoms with Crippen LogP contribution in [0, 0.1) is 0 Å². The van der Waals surface area contributed by atoms with Gasteiger partial charge in [-0.2, -0.15) is 0 Å². The lowest BCUT2D eigenvalue weighted by molar-refractivity contribution is -0.156. The van der Waals surface area contributed by atoms with Crippen LogP contribution in [0.1, 0.15) is 31.9 Å². The Bertz CT molecular complexity index is 366. The van der Waals surface area contributed by atoms with Crippen molar-refractivity contribution in [1.82, 2.24) is 4.90 Å². The molecule has 1 N–H and O–H groups in total. The second-order valence-corrected chi connectivity index (χ2v) is 4.80. The summed E-state index contributed by atoms with van der Waals surface area (Å²) < 4.78 is 5.17. The average molecular weight is 237 g/mol. The van der Waals surface area contributed by atoms with Crippen molar-refractivity contribution in [3.05, 3.63) is 24.2 Å². The molecule has 2 rings (SSSR count). The third-order valence-electron chi connectivity index (χ3n) is 3.20. The molecule has 17 heavy (non-hydrogen) atoms. The number of rotatable bonds is 5. The van der Waals surface area contributed by atoms with Crippen LogP contribution in [-0.2, 0) is 11.2 Å². The first kappa shape index (κ1) is 12.2. The molecule has 0 atom stereocenters. The van der Waals surface area contributed by atoms with E-state index in [0.29, 0.717) is 25.9 Å². The van der Waals surface area contributed by atoms with Crippen molar-refractivity contribution >= 4 is 5.91 Å². The summed E-state index contributed by atoms with van der Waals surface area (Å²) in [5, 5.41) is 9.97. The molecular formula is C13H19NO3. The van der Waals surface area contributed by atoms with Crippen LogP contribution in [0.15, 0.2) is 22.8 Å². The standard InChI is InChI=1S/C13H19NO3/c1-2-7-13(16)9-14(10-13)12(15)6-5-11-4-3-8-17-11/h3-4,8,16H,2,5-7,9-10H2,1H3. The van der Waals surface area contributed by atoms with Gasteiger partial charge in [0.15, 0.2) is 0 Å². The van der Waals surface area contributed by atoms with Crippen LogP contribution in [-0.4, -0.2) is 34.6 Å². The van der Waals surface area contributed by atoms with Gasteiger partial charge >= 0.3 is 0 Å². The zero-order valence-electron chi connectivity index (χ0n) is 10.2. The van der Waals surface area contributed by atoms with Crippen molar-refractivity contribution in [2.45, 2.75) is 38.2 Å². The number of hydrogen-bond acceptors (Lipinski definition) is 3. The summed E-state index contributed by atoms with van der Waals surface area (Å²) in [6.45, 7) is 3.01. The molecule has 0 unspecified atom stereocenters. The molecular weight excluding hydrogens is 218 g/mol. The number of aliphatic hydroxyl groups is 1. The fourth-order valence-electron chi connectivity index (χ4n) is 2.31. The molecule has 0 radical (unpaired) electrons. The topological polar surface area (TPSA) is 53.7 Å². The summed E-state index contributed by atoms with van der Waals surface area (Å²) in [7, 11) is 0. The number of amides is 1. The number of β-amino-alcohol motifs (C(OH)–C–C–N with tert-alkyl or cyclic N) is 1. The van der Waals surface area contributed by atoms with E-state index in [1.807, 2.05) is 19.1 Å². The molecule has 4 nitrogen and oxygen atoms in total. The van der Waals surface area contributed by atoms with E-state index in [1.54, 1.807) is 11.2 Å². The Hall–Kier alpha value is -1.29. The summed E-state index contributed by atoms with van der Waals surface area (Å²) >= 11 is 0. The summed E-state index contributed by atoms with van der Waals surface area (Å²) in [5.41, 5.74) is -0.630. The second kappa shape index (κ2) is 4.92. The van der Waals surface area contributed by atoms with Crippen LogP contribution in [0.3, 0.4) is 0 Å². The van der Waals surface area contributed by atoms with E-state index in [-0.39, 0.29) is 5.91 Å². The largest absolute Gasteiger partial charge is 0.469 e. The average Bonchev–Trinajstić information content (AvgIpc) is 2.75. The Morgan fingerprint density at radius 3 is 2.94 bits per heavy atom. The van der Waals surface area contributed by atoms with Crippen molar-refractivity contribution in [3.8, 4) is 0 Å². The van der Waals surface area contributed by atoms with Gasteiger partial charge in [0.1, 0.15) is 5.76 Å². The molecule has 0 aromatic carbocycles. The second-order valence-electron chi connectivity index (χ2n) is 4.80. The zero-order chi connectivity index (χ0) is 12.3. The Balaban J connectivity index is 1.72. The van der Waals surface area contributed by atoms with Crippen molar-refractivity contribution in [2.24, 2.45) is 0 Å². The Morgan fingerprint density at radius 1 is 1.59 bits per heavy atom. The molecule has 0 aliphatic carbocycles. The fourth-order valence-corrected chi connectivity index (χ4v) is 2.31. The van der Waals surface area contributed by atoms with E-state index < -0.39 is 5.60 Å².